The van der Waals surface area contributed by atoms with Crippen LogP contribution in [0, 0.1) is 5.82 Å². The zero-order chi connectivity index (χ0) is 11.1. The maximum Gasteiger partial charge on any atom is 0.298 e. The van der Waals surface area contributed by atoms with E-state index in [0.717, 1.165) is 13.2 Å². The van der Waals surface area contributed by atoms with Crippen molar-refractivity contribution in [3.05, 3.63) is 30.2 Å². The highest BCUT2D eigenvalue weighted by Crippen LogP contribution is 2.24. The molecule has 0 aliphatic heterocycles. The minimum absolute atomic E-state index is 0.0635. The summed E-state index contributed by atoms with van der Waals surface area (Å²) < 4.78 is 40.5. The Hall–Kier alpha value is -1.40. The van der Waals surface area contributed by atoms with Gasteiger partial charge in [0.15, 0.2) is 0 Å². The van der Waals surface area contributed by atoms with Crippen LogP contribution >= 0.6 is 0 Å². The summed E-state index contributed by atoms with van der Waals surface area (Å²) in [6.07, 6.45) is 1.47. The number of benzene rings is 1. The maximum absolute atomic E-state index is 13.2. The topological polar surface area (TPSA) is 59.2 Å². The Morgan fingerprint density at radius 1 is 1.33 bits per heavy atom. The van der Waals surface area contributed by atoms with Gasteiger partial charge in [0.2, 0.25) is 0 Å². The lowest BCUT2D eigenvalue weighted by molar-refractivity contribution is 0.398. The molecular formula is C9H8FNO3S. The largest absolute Gasteiger partial charge is 0.360 e. The van der Waals surface area contributed by atoms with Crippen molar-refractivity contribution in [3.63, 3.8) is 0 Å². The quantitative estimate of drug-likeness (QED) is 0.796. The molecule has 80 valence electrons. The molecule has 4 nitrogen and oxygen atoms in total. The fourth-order valence-electron chi connectivity index (χ4n) is 1.39. The Morgan fingerprint density at radius 3 is 2.73 bits per heavy atom. The minimum atomic E-state index is -3.81. The van der Waals surface area contributed by atoms with Gasteiger partial charge in [0.05, 0.1) is 12.6 Å². The average molecular weight is 229 g/mol. The lowest BCUT2D eigenvalue weighted by Crippen LogP contribution is -2.03. The highest BCUT2D eigenvalue weighted by atomic mass is 32.2. The van der Waals surface area contributed by atoms with E-state index in [1.807, 2.05) is 0 Å². The zero-order valence-corrected chi connectivity index (χ0v) is 8.64. The van der Waals surface area contributed by atoms with E-state index < -0.39 is 15.9 Å². The Labute approximate surface area is 85.8 Å². The van der Waals surface area contributed by atoms with Crippen molar-refractivity contribution < 1.29 is 17.0 Å². The molecule has 1 heterocycles. The molecule has 0 aliphatic carbocycles. The van der Waals surface area contributed by atoms with E-state index in [0.29, 0.717) is 0 Å². The number of aromatic nitrogens is 1. The molecule has 0 atom stereocenters. The summed E-state index contributed by atoms with van der Waals surface area (Å²) in [4.78, 5) is 2.61. The molecular weight excluding hydrogens is 221 g/mol. The van der Waals surface area contributed by atoms with Gasteiger partial charge in [0.25, 0.3) is 10.1 Å². The monoisotopic (exact) mass is 229 g/mol. The van der Waals surface area contributed by atoms with E-state index in [4.69, 9.17) is 0 Å². The second-order valence-corrected chi connectivity index (χ2v) is 4.61. The van der Waals surface area contributed by atoms with Crippen molar-refractivity contribution in [1.29, 1.82) is 0 Å². The molecule has 1 N–H and O–H groups in total. The van der Waals surface area contributed by atoms with Crippen LogP contribution in [-0.4, -0.2) is 20.5 Å². The summed E-state index contributed by atoms with van der Waals surface area (Å²) in [7, 11) is -2.75. The Bertz CT molecular complexity index is 603. The number of fused-ring (bicyclic) bond motifs is 1. The van der Waals surface area contributed by atoms with Crippen LogP contribution in [0.3, 0.4) is 0 Å². The van der Waals surface area contributed by atoms with Crippen LogP contribution in [0.2, 0.25) is 0 Å². The summed E-state index contributed by atoms with van der Waals surface area (Å²) >= 11 is 0. The van der Waals surface area contributed by atoms with Gasteiger partial charge in [-0.05, 0) is 18.2 Å². The number of nitrogens with one attached hydrogen (secondary N) is 1. The van der Waals surface area contributed by atoms with Crippen LogP contribution in [0.4, 0.5) is 4.39 Å². The molecule has 1 aromatic heterocycles. The van der Waals surface area contributed by atoms with E-state index in [-0.39, 0.29) is 15.8 Å². The first-order chi connectivity index (χ1) is 7.06. The van der Waals surface area contributed by atoms with Crippen LogP contribution < -0.4 is 0 Å². The molecule has 0 spiro atoms. The van der Waals surface area contributed by atoms with Crippen molar-refractivity contribution in [1.82, 2.24) is 4.98 Å². The number of halogens is 1. The summed E-state index contributed by atoms with van der Waals surface area (Å²) in [5.74, 6) is -0.471. The number of rotatable bonds is 2. The Kier molecular flexibility index (Phi) is 2.24. The van der Waals surface area contributed by atoms with E-state index in [1.165, 1.54) is 18.3 Å². The first-order valence-electron chi connectivity index (χ1n) is 4.12. The fraction of sp³-hybridized carbons (Fsp3) is 0.111. The maximum atomic E-state index is 13.2. The molecule has 1 aromatic carbocycles. The number of hydrogen-bond acceptors (Lipinski definition) is 3. The van der Waals surface area contributed by atoms with Gasteiger partial charge in [-0.25, -0.2) is 4.39 Å². The number of hydrogen-bond donors (Lipinski definition) is 1. The summed E-state index contributed by atoms with van der Waals surface area (Å²) in [5, 5.41) is 0.230. The van der Waals surface area contributed by atoms with E-state index in [2.05, 4.69) is 9.17 Å². The van der Waals surface area contributed by atoms with Gasteiger partial charge < -0.3 is 4.98 Å². The molecule has 0 saturated heterocycles. The van der Waals surface area contributed by atoms with Crippen LogP contribution in [0.1, 0.15) is 0 Å². The summed E-state index contributed by atoms with van der Waals surface area (Å²) in [6, 6.07) is 3.74. The third-order valence-corrected chi connectivity index (χ3v) is 3.44. The van der Waals surface area contributed by atoms with Crippen molar-refractivity contribution in [2.75, 3.05) is 7.11 Å². The van der Waals surface area contributed by atoms with Crippen LogP contribution in [-0.2, 0) is 14.3 Å². The molecule has 2 aromatic rings. The van der Waals surface area contributed by atoms with Gasteiger partial charge in [0, 0.05) is 11.6 Å². The predicted molar refractivity (Wildman–Crippen MR) is 52.5 cm³/mol. The molecule has 0 radical (unpaired) electrons. The number of aromatic amines is 1. The molecule has 0 fully saturated rings. The first-order valence-corrected chi connectivity index (χ1v) is 5.53. The lowest BCUT2D eigenvalue weighted by Gasteiger charge is -2.03. The Balaban J connectivity index is 2.84. The van der Waals surface area contributed by atoms with E-state index >= 15 is 0 Å². The van der Waals surface area contributed by atoms with Crippen LogP contribution in [0.15, 0.2) is 29.3 Å². The average Bonchev–Trinajstić information content (AvgIpc) is 2.67. The highest BCUT2D eigenvalue weighted by Gasteiger charge is 2.18. The summed E-state index contributed by atoms with van der Waals surface area (Å²) in [5.41, 5.74) is 0.219. The second kappa shape index (κ2) is 3.32. The second-order valence-electron chi connectivity index (χ2n) is 2.93. The molecule has 2 rings (SSSR count). The van der Waals surface area contributed by atoms with Crippen molar-refractivity contribution >= 4 is 21.0 Å². The SMILES string of the molecule is COS(=O)(=O)c1ccc(F)c2cc[nH]c12. The molecule has 6 heteroatoms. The van der Waals surface area contributed by atoms with Crippen LogP contribution in [0.5, 0.6) is 0 Å². The molecule has 0 saturated carbocycles. The van der Waals surface area contributed by atoms with Gasteiger partial charge >= 0.3 is 0 Å². The molecule has 0 amide bonds. The third kappa shape index (κ3) is 1.51. The smallest absolute Gasteiger partial charge is 0.298 e. The third-order valence-electron chi connectivity index (χ3n) is 2.12. The highest BCUT2D eigenvalue weighted by molar-refractivity contribution is 7.87. The van der Waals surface area contributed by atoms with Crippen molar-refractivity contribution in [3.8, 4) is 0 Å². The molecule has 15 heavy (non-hydrogen) atoms. The van der Waals surface area contributed by atoms with Gasteiger partial charge in [-0.3, -0.25) is 4.18 Å². The van der Waals surface area contributed by atoms with Crippen molar-refractivity contribution in [2.24, 2.45) is 0 Å². The van der Waals surface area contributed by atoms with Gasteiger partial charge in [-0.15, -0.1) is 0 Å². The normalized spacial score (nSPS) is 12.1. The van der Waals surface area contributed by atoms with Gasteiger partial charge in [-0.1, -0.05) is 0 Å². The fourth-order valence-corrected chi connectivity index (χ4v) is 2.23. The predicted octanol–water partition coefficient (Wildman–Crippen LogP) is 1.64. The number of H-pyrrole nitrogens is 1. The van der Waals surface area contributed by atoms with E-state index in [1.54, 1.807) is 0 Å². The van der Waals surface area contributed by atoms with Gasteiger partial charge in [-0.2, -0.15) is 8.42 Å². The van der Waals surface area contributed by atoms with Crippen molar-refractivity contribution in [2.45, 2.75) is 4.90 Å². The summed E-state index contributed by atoms with van der Waals surface area (Å²) in [6.45, 7) is 0. The zero-order valence-electron chi connectivity index (χ0n) is 7.82. The minimum Gasteiger partial charge on any atom is -0.360 e. The molecule has 0 unspecified atom stereocenters. The molecule has 0 bridgehead atoms. The first kappa shape index (κ1) is 10.1. The lowest BCUT2D eigenvalue weighted by atomic mass is 10.2. The molecule has 0 aliphatic rings. The van der Waals surface area contributed by atoms with E-state index in [9.17, 15) is 12.8 Å². The standard InChI is InChI=1S/C9H8FNO3S/c1-14-15(12,13)8-3-2-7(10)6-4-5-11-9(6)8/h2-5,11H,1H3. The van der Waals surface area contributed by atoms with Crippen LogP contribution in [0.25, 0.3) is 10.9 Å². The Morgan fingerprint density at radius 2 is 2.07 bits per heavy atom. The van der Waals surface area contributed by atoms with Gasteiger partial charge in [0.1, 0.15) is 10.7 Å².